The minimum Gasteiger partial charge on any atom is -0.467 e. The van der Waals surface area contributed by atoms with Crippen LogP contribution in [0.1, 0.15) is 24.5 Å². The molecule has 184 valence electrons. The molecule has 1 atom stereocenters. The highest BCUT2D eigenvalue weighted by Crippen LogP contribution is 2.40. The van der Waals surface area contributed by atoms with Crippen LogP contribution in [-0.2, 0) is 10.7 Å². The standard InChI is InChI=1S/C25H26F3N5O2/c1-6-18(34)33-11-10-15(13-33)32(4)23-17-12-29-21(20(26)22(17)30-24(31-23)35-5)16-9-7-8-14(2)19(16)25(3,27)28/h6-9,12,15H,1,10-11,13H2,2-5H3. The number of methoxy groups -OCH3 is 1. The second kappa shape index (κ2) is 9.16. The van der Waals surface area contributed by atoms with E-state index in [-0.39, 0.29) is 40.3 Å². The van der Waals surface area contributed by atoms with Gasteiger partial charge in [0, 0.05) is 50.4 Å². The second-order valence-electron chi connectivity index (χ2n) is 8.64. The van der Waals surface area contributed by atoms with Crippen molar-refractivity contribution < 1.29 is 22.7 Å². The van der Waals surface area contributed by atoms with Crippen LogP contribution in [0.4, 0.5) is 19.0 Å². The normalized spacial score (nSPS) is 16.0. The average Bonchev–Trinajstić information content (AvgIpc) is 3.32. The number of rotatable bonds is 6. The number of alkyl halides is 2. The number of likely N-dealkylation sites (N-methyl/N-ethyl adjacent to an activating group) is 1. The number of aryl methyl sites for hydroxylation is 1. The molecule has 3 heterocycles. The predicted octanol–water partition coefficient (Wildman–Crippen LogP) is 4.48. The summed E-state index contributed by atoms with van der Waals surface area (Å²) in [5.41, 5.74) is -0.277. The van der Waals surface area contributed by atoms with E-state index in [0.717, 1.165) is 6.92 Å². The van der Waals surface area contributed by atoms with Crippen LogP contribution >= 0.6 is 0 Å². The Hall–Kier alpha value is -3.69. The van der Waals surface area contributed by atoms with Crippen molar-refractivity contribution in [2.45, 2.75) is 32.2 Å². The lowest BCUT2D eigenvalue weighted by Gasteiger charge is -2.27. The van der Waals surface area contributed by atoms with Crippen LogP contribution in [0.5, 0.6) is 6.01 Å². The zero-order valence-electron chi connectivity index (χ0n) is 20.0. The molecular weight excluding hydrogens is 459 g/mol. The number of hydrogen-bond acceptors (Lipinski definition) is 6. The van der Waals surface area contributed by atoms with E-state index in [1.165, 1.54) is 25.4 Å². The summed E-state index contributed by atoms with van der Waals surface area (Å²) in [6.45, 7) is 6.85. The fourth-order valence-electron chi connectivity index (χ4n) is 4.58. The summed E-state index contributed by atoms with van der Waals surface area (Å²) in [6.07, 6.45) is 3.34. The molecule has 1 aromatic carbocycles. The molecule has 10 heteroatoms. The number of hydrogen-bond donors (Lipinski definition) is 0. The summed E-state index contributed by atoms with van der Waals surface area (Å²) in [5, 5.41) is 0.306. The lowest BCUT2D eigenvalue weighted by Crippen LogP contribution is -2.36. The third-order valence-electron chi connectivity index (χ3n) is 6.32. The molecule has 1 aliphatic rings. The third-order valence-corrected chi connectivity index (χ3v) is 6.32. The van der Waals surface area contributed by atoms with E-state index in [9.17, 15) is 13.6 Å². The number of ether oxygens (including phenoxy) is 1. The number of benzene rings is 1. The lowest BCUT2D eigenvalue weighted by molar-refractivity contribution is -0.125. The van der Waals surface area contributed by atoms with Crippen molar-refractivity contribution in [3.8, 4) is 17.3 Å². The number of carbonyl (C=O) groups is 1. The quantitative estimate of drug-likeness (QED) is 0.480. The molecule has 0 radical (unpaired) electrons. The Morgan fingerprint density at radius 1 is 1.34 bits per heavy atom. The molecular formula is C25H26F3N5O2. The minimum atomic E-state index is -3.20. The summed E-state index contributed by atoms with van der Waals surface area (Å²) >= 11 is 0. The van der Waals surface area contributed by atoms with Crippen LogP contribution in [-0.4, -0.2) is 59.0 Å². The molecule has 1 aliphatic heterocycles. The van der Waals surface area contributed by atoms with Crippen molar-refractivity contribution in [1.82, 2.24) is 19.9 Å². The molecule has 0 spiro atoms. The average molecular weight is 486 g/mol. The van der Waals surface area contributed by atoms with Crippen molar-refractivity contribution in [3.63, 3.8) is 0 Å². The Bertz CT molecular complexity index is 1310. The van der Waals surface area contributed by atoms with Gasteiger partial charge in [-0.1, -0.05) is 24.8 Å². The number of nitrogens with zero attached hydrogens (tertiary/aromatic N) is 5. The van der Waals surface area contributed by atoms with Gasteiger partial charge in [0.25, 0.3) is 5.92 Å². The second-order valence-corrected chi connectivity index (χ2v) is 8.64. The van der Waals surface area contributed by atoms with E-state index in [4.69, 9.17) is 4.74 Å². The van der Waals surface area contributed by atoms with Crippen molar-refractivity contribution in [2.75, 3.05) is 32.1 Å². The topological polar surface area (TPSA) is 71.5 Å². The SMILES string of the molecule is C=CC(=O)N1CCC(N(C)c2nc(OC)nc3c(F)c(-c4cccc(C)c4C(C)(F)F)ncc23)C1. The molecule has 1 fully saturated rings. The van der Waals surface area contributed by atoms with Crippen molar-refractivity contribution in [3.05, 3.63) is 54.0 Å². The van der Waals surface area contributed by atoms with Crippen LogP contribution in [0, 0.1) is 12.7 Å². The van der Waals surface area contributed by atoms with Gasteiger partial charge in [-0.25, -0.2) is 13.2 Å². The summed E-state index contributed by atoms with van der Waals surface area (Å²) in [6, 6.07) is 4.40. The predicted molar refractivity (Wildman–Crippen MR) is 127 cm³/mol. The van der Waals surface area contributed by atoms with Crippen molar-refractivity contribution >= 4 is 22.6 Å². The van der Waals surface area contributed by atoms with E-state index < -0.39 is 11.7 Å². The Kier molecular flexibility index (Phi) is 6.40. The lowest BCUT2D eigenvalue weighted by atomic mass is 9.94. The first-order valence-corrected chi connectivity index (χ1v) is 11.1. The van der Waals surface area contributed by atoms with E-state index >= 15 is 4.39 Å². The zero-order valence-corrected chi connectivity index (χ0v) is 20.0. The Balaban J connectivity index is 1.85. The van der Waals surface area contributed by atoms with Gasteiger partial charge in [0.2, 0.25) is 5.91 Å². The number of aromatic nitrogens is 3. The number of anilines is 1. The summed E-state index contributed by atoms with van der Waals surface area (Å²) < 4.78 is 50.0. The molecule has 4 rings (SSSR count). The van der Waals surface area contributed by atoms with Crippen LogP contribution in [0.25, 0.3) is 22.2 Å². The fraction of sp³-hybridized carbons (Fsp3) is 0.360. The van der Waals surface area contributed by atoms with E-state index in [0.29, 0.717) is 36.3 Å². The van der Waals surface area contributed by atoms with E-state index in [1.54, 1.807) is 31.0 Å². The van der Waals surface area contributed by atoms with Gasteiger partial charge in [-0.2, -0.15) is 9.97 Å². The Morgan fingerprint density at radius 2 is 2.09 bits per heavy atom. The molecule has 1 amide bonds. The van der Waals surface area contributed by atoms with E-state index in [1.807, 2.05) is 4.90 Å². The fourth-order valence-corrected chi connectivity index (χ4v) is 4.58. The summed E-state index contributed by atoms with van der Waals surface area (Å²) in [5.74, 6) is -3.84. The molecule has 7 nitrogen and oxygen atoms in total. The largest absolute Gasteiger partial charge is 0.467 e. The van der Waals surface area contributed by atoms with Gasteiger partial charge < -0.3 is 14.5 Å². The molecule has 0 saturated carbocycles. The first kappa shape index (κ1) is 24.4. The molecule has 1 saturated heterocycles. The molecule has 1 unspecified atom stereocenters. The number of amides is 1. The molecule has 2 aromatic heterocycles. The van der Waals surface area contributed by atoms with Gasteiger partial charge in [-0.3, -0.25) is 9.78 Å². The maximum Gasteiger partial charge on any atom is 0.318 e. The summed E-state index contributed by atoms with van der Waals surface area (Å²) in [7, 11) is 3.15. The van der Waals surface area contributed by atoms with Crippen LogP contribution in [0.2, 0.25) is 0 Å². The van der Waals surface area contributed by atoms with Crippen molar-refractivity contribution in [2.24, 2.45) is 0 Å². The van der Waals surface area contributed by atoms with Crippen LogP contribution in [0.15, 0.2) is 37.1 Å². The number of halogens is 3. The van der Waals surface area contributed by atoms with Crippen LogP contribution < -0.4 is 9.64 Å². The first-order chi connectivity index (χ1) is 16.6. The maximum atomic E-state index is 15.9. The van der Waals surface area contributed by atoms with Gasteiger partial charge in [0.05, 0.1) is 12.5 Å². The van der Waals surface area contributed by atoms with Gasteiger partial charge >= 0.3 is 6.01 Å². The number of fused-ring (bicyclic) bond motifs is 1. The van der Waals surface area contributed by atoms with Crippen molar-refractivity contribution in [1.29, 1.82) is 0 Å². The van der Waals surface area contributed by atoms with Gasteiger partial charge in [0.15, 0.2) is 5.82 Å². The smallest absolute Gasteiger partial charge is 0.318 e. The minimum absolute atomic E-state index is 0.00115. The highest BCUT2D eigenvalue weighted by atomic mass is 19.3. The van der Waals surface area contributed by atoms with Crippen LogP contribution in [0.3, 0.4) is 0 Å². The highest BCUT2D eigenvalue weighted by molar-refractivity contribution is 5.92. The van der Waals surface area contributed by atoms with Gasteiger partial charge in [-0.05, 0) is 25.0 Å². The Morgan fingerprint density at radius 3 is 2.74 bits per heavy atom. The molecule has 0 N–H and O–H groups in total. The molecule has 35 heavy (non-hydrogen) atoms. The molecule has 0 aliphatic carbocycles. The number of carbonyl (C=O) groups excluding carboxylic acids is 1. The van der Waals surface area contributed by atoms with Gasteiger partial charge in [-0.15, -0.1) is 0 Å². The summed E-state index contributed by atoms with van der Waals surface area (Å²) in [4.78, 5) is 28.3. The first-order valence-electron chi connectivity index (χ1n) is 11.1. The molecule has 3 aromatic rings. The van der Waals surface area contributed by atoms with E-state index in [2.05, 4.69) is 21.5 Å². The molecule has 0 bridgehead atoms. The van der Waals surface area contributed by atoms with Gasteiger partial charge in [0.1, 0.15) is 17.0 Å². The Labute approximate surface area is 201 Å². The monoisotopic (exact) mass is 485 g/mol. The highest BCUT2D eigenvalue weighted by Gasteiger charge is 2.33. The zero-order chi connectivity index (χ0) is 25.5. The number of pyridine rings is 1. The number of likely N-dealkylation sites (tertiary alicyclic amines) is 1. The third kappa shape index (κ3) is 4.40. The maximum absolute atomic E-state index is 15.9.